The van der Waals surface area contributed by atoms with Gasteiger partial charge in [-0.25, -0.2) is 14.6 Å². The van der Waals surface area contributed by atoms with E-state index in [1.54, 1.807) is 10.9 Å². The van der Waals surface area contributed by atoms with E-state index in [1.165, 1.54) is 6.33 Å². The van der Waals surface area contributed by atoms with Crippen molar-refractivity contribution in [2.24, 2.45) is 7.05 Å². The number of rotatable bonds is 4. The number of anilines is 2. The molecule has 0 unspecified atom stereocenters. The Labute approximate surface area is 210 Å². The minimum Gasteiger partial charge on any atom is -0.424 e. The summed E-state index contributed by atoms with van der Waals surface area (Å²) in [6.45, 7) is 2.10. The summed E-state index contributed by atoms with van der Waals surface area (Å²) in [4.78, 5) is 13.2. The molecule has 1 atom stereocenters. The van der Waals surface area contributed by atoms with Gasteiger partial charge in [0.25, 0.3) is 6.01 Å². The van der Waals surface area contributed by atoms with Gasteiger partial charge in [-0.15, -0.1) is 0 Å². The van der Waals surface area contributed by atoms with E-state index in [0.717, 1.165) is 44.4 Å². The molecule has 7 rings (SSSR count). The molecule has 0 aliphatic rings. The highest BCUT2D eigenvalue weighted by atomic mass is 16.4. The van der Waals surface area contributed by atoms with E-state index < -0.39 is 0 Å². The number of nitrogen functional groups attached to an aromatic ring is 2. The maximum absolute atomic E-state index is 6.39. The van der Waals surface area contributed by atoms with Crippen molar-refractivity contribution in [2.45, 2.75) is 13.0 Å². The summed E-state index contributed by atoms with van der Waals surface area (Å²) in [6, 6.07) is 13.9. The zero-order valence-electron chi connectivity index (χ0n) is 20.1. The van der Waals surface area contributed by atoms with Crippen molar-refractivity contribution in [1.29, 1.82) is 0 Å². The van der Waals surface area contributed by atoms with Crippen LogP contribution in [0.5, 0.6) is 0 Å². The van der Waals surface area contributed by atoms with Crippen LogP contribution in [0, 0.1) is 0 Å². The van der Waals surface area contributed by atoms with Gasteiger partial charge in [0, 0.05) is 24.2 Å². The lowest BCUT2D eigenvalue weighted by Gasteiger charge is -2.13. The van der Waals surface area contributed by atoms with Crippen LogP contribution in [0.2, 0.25) is 0 Å². The van der Waals surface area contributed by atoms with Crippen molar-refractivity contribution in [2.75, 3.05) is 11.5 Å². The SMILES string of the molecule is C[C@H](c1nn(-c2cnn(C)c2)c2ccccc12)n1cc(-c2ccc3oc(N)nc3c2)c2c(N)ncnc21. The first kappa shape index (κ1) is 21.1. The fraction of sp³-hybridized carbons (Fsp3) is 0.115. The van der Waals surface area contributed by atoms with Gasteiger partial charge in [-0.1, -0.05) is 24.3 Å². The van der Waals surface area contributed by atoms with Crippen LogP contribution in [0.15, 0.2) is 71.8 Å². The first-order valence-electron chi connectivity index (χ1n) is 11.7. The summed E-state index contributed by atoms with van der Waals surface area (Å²) < 4.78 is 11.2. The van der Waals surface area contributed by atoms with Crippen molar-refractivity contribution >= 4 is 44.9 Å². The second-order valence-electron chi connectivity index (χ2n) is 9.00. The van der Waals surface area contributed by atoms with Crippen LogP contribution in [0.25, 0.3) is 49.9 Å². The van der Waals surface area contributed by atoms with Crippen molar-refractivity contribution in [3.8, 4) is 16.8 Å². The number of aromatic nitrogens is 8. The van der Waals surface area contributed by atoms with Gasteiger partial charge in [0.05, 0.1) is 35.0 Å². The molecule has 2 aromatic carbocycles. The van der Waals surface area contributed by atoms with Gasteiger partial charge in [-0.2, -0.15) is 15.2 Å². The second kappa shape index (κ2) is 7.65. The van der Waals surface area contributed by atoms with Gasteiger partial charge < -0.3 is 20.5 Å². The molecule has 0 bridgehead atoms. The number of hydrogen-bond donors (Lipinski definition) is 2. The van der Waals surface area contributed by atoms with Crippen molar-refractivity contribution < 1.29 is 4.42 Å². The van der Waals surface area contributed by atoms with E-state index >= 15 is 0 Å². The van der Waals surface area contributed by atoms with Crippen molar-refractivity contribution in [3.05, 3.63) is 73.1 Å². The van der Waals surface area contributed by atoms with Crippen LogP contribution >= 0.6 is 0 Å². The smallest absolute Gasteiger partial charge is 0.292 e. The lowest BCUT2D eigenvalue weighted by atomic mass is 10.1. The summed E-state index contributed by atoms with van der Waals surface area (Å²) in [5.74, 6) is 0.400. The number of aryl methyl sites for hydroxylation is 1. The Hall–Kier alpha value is -5.19. The average Bonchev–Trinajstić information content (AvgIpc) is 3.66. The van der Waals surface area contributed by atoms with Crippen molar-refractivity contribution in [1.82, 2.24) is 39.1 Å². The zero-order chi connectivity index (χ0) is 25.3. The van der Waals surface area contributed by atoms with Gasteiger partial charge in [0.2, 0.25) is 0 Å². The van der Waals surface area contributed by atoms with E-state index in [9.17, 15) is 0 Å². The highest BCUT2D eigenvalue weighted by molar-refractivity contribution is 6.02. The molecule has 0 aliphatic heterocycles. The van der Waals surface area contributed by atoms with E-state index in [1.807, 2.05) is 54.5 Å². The Kier molecular flexibility index (Phi) is 4.37. The van der Waals surface area contributed by atoms with Gasteiger partial charge >= 0.3 is 0 Å². The molecule has 0 saturated carbocycles. The molecule has 5 aromatic heterocycles. The molecule has 0 fully saturated rings. The first-order chi connectivity index (χ1) is 18.0. The topological polar surface area (TPSA) is 144 Å². The highest BCUT2D eigenvalue weighted by Gasteiger charge is 2.24. The molecule has 182 valence electrons. The zero-order valence-corrected chi connectivity index (χ0v) is 20.1. The second-order valence-corrected chi connectivity index (χ2v) is 9.00. The molecule has 11 heteroatoms. The summed E-state index contributed by atoms with van der Waals surface area (Å²) in [5.41, 5.74) is 18.7. The third kappa shape index (κ3) is 3.17. The van der Waals surface area contributed by atoms with Gasteiger partial charge in [0.1, 0.15) is 29.0 Å². The van der Waals surface area contributed by atoms with Gasteiger partial charge in [-0.3, -0.25) is 4.68 Å². The molecule has 0 amide bonds. The molecule has 0 radical (unpaired) electrons. The van der Waals surface area contributed by atoms with E-state index in [4.69, 9.17) is 21.0 Å². The van der Waals surface area contributed by atoms with Crippen LogP contribution < -0.4 is 11.5 Å². The Balaban J connectivity index is 1.43. The predicted molar refractivity (Wildman–Crippen MR) is 141 cm³/mol. The Morgan fingerprint density at radius 3 is 2.73 bits per heavy atom. The van der Waals surface area contributed by atoms with Crippen LogP contribution in [0.3, 0.4) is 0 Å². The summed E-state index contributed by atoms with van der Waals surface area (Å²) in [6.07, 6.45) is 7.27. The highest BCUT2D eigenvalue weighted by Crippen LogP contribution is 2.38. The fourth-order valence-electron chi connectivity index (χ4n) is 4.98. The van der Waals surface area contributed by atoms with Gasteiger partial charge in [0.15, 0.2) is 5.58 Å². The normalized spacial score (nSPS) is 12.7. The average molecular weight is 491 g/mol. The molecule has 7 aromatic rings. The van der Waals surface area contributed by atoms with Crippen LogP contribution in [0.4, 0.5) is 11.8 Å². The third-order valence-corrected chi connectivity index (χ3v) is 6.72. The lowest BCUT2D eigenvalue weighted by molar-refractivity contribution is 0.626. The Bertz CT molecular complexity index is 1960. The molecule has 0 aliphatic carbocycles. The summed E-state index contributed by atoms with van der Waals surface area (Å²) in [7, 11) is 1.89. The number of oxazole rings is 1. The predicted octanol–water partition coefficient (Wildman–Crippen LogP) is 4.09. The van der Waals surface area contributed by atoms with Gasteiger partial charge in [-0.05, 0) is 30.7 Å². The third-order valence-electron chi connectivity index (χ3n) is 6.72. The molecular formula is C26H22N10O. The first-order valence-corrected chi connectivity index (χ1v) is 11.7. The monoisotopic (exact) mass is 490 g/mol. The number of hydrogen-bond acceptors (Lipinski definition) is 8. The molecule has 5 heterocycles. The van der Waals surface area contributed by atoms with E-state index in [-0.39, 0.29) is 12.1 Å². The molecule has 0 spiro atoms. The summed E-state index contributed by atoms with van der Waals surface area (Å²) >= 11 is 0. The Morgan fingerprint density at radius 2 is 1.89 bits per heavy atom. The number of nitrogens with zero attached hydrogens (tertiary/aromatic N) is 8. The molecule has 37 heavy (non-hydrogen) atoms. The standard InChI is InChI=1S/C26H22N10O/c1-14(23-17-5-3-4-6-20(17)36(33-23)16-10-31-34(2)11-16)35-12-18(22-24(27)29-13-30-25(22)35)15-7-8-21-19(9-15)32-26(28)37-21/h3-14H,1-2H3,(H2,28,32)(H2,27,29,30)/t14-/m1/s1. The molecule has 0 saturated heterocycles. The Morgan fingerprint density at radius 1 is 1.03 bits per heavy atom. The molecule has 11 nitrogen and oxygen atoms in total. The minimum absolute atomic E-state index is 0.127. The number of benzene rings is 2. The summed E-state index contributed by atoms with van der Waals surface area (Å²) in [5, 5.41) is 11.2. The van der Waals surface area contributed by atoms with E-state index in [0.29, 0.717) is 16.9 Å². The van der Waals surface area contributed by atoms with Crippen LogP contribution in [0.1, 0.15) is 18.7 Å². The maximum atomic E-state index is 6.39. The van der Waals surface area contributed by atoms with Crippen molar-refractivity contribution in [3.63, 3.8) is 0 Å². The lowest BCUT2D eigenvalue weighted by Crippen LogP contribution is -2.08. The largest absolute Gasteiger partial charge is 0.424 e. The number of fused-ring (bicyclic) bond motifs is 3. The van der Waals surface area contributed by atoms with Crippen LogP contribution in [-0.2, 0) is 7.05 Å². The quantitative estimate of drug-likeness (QED) is 0.375. The number of para-hydroxylation sites is 1. The molecule has 4 N–H and O–H groups in total. The minimum atomic E-state index is -0.167. The van der Waals surface area contributed by atoms with E-state index in [2.05, 4.69) is 43.7 Å². The number of nitrogens with two attached hydrogens (primary N) is 2. The molecular weight excluding hydrogens is 468 g/mol. The maximum Gasteiger partial charge on any atom is 0.292 e. The van der Waals surface area contributed by atoms with Crippen LogP contribution in [-0.4, -0.2) is 39.1 Å². The fourth-order valence-corrected chi connectivity index (χ4v) is 4.98.